The third-order valence-corrected chi connectivity index (χ3v) is 2.19. The molecule has 0 aliphatic heterocycles. The van der Waals surface area contributed by atoms with E-state index in [0.717, 1.165) is 0 Å². The number of ether oxygens (including phenoxy) is 3. The Bertz CT molecular complexity index is 400. The average Bonchev–Trinajstić information content (AvgIpc) is 2.34. The molecule has 0 atom stereocenters. The molecule has 0 aliphatic carbocycles. The summed E-state index contributed by atoms with van der Waals surface area (Å²) in [6.45, 7) is 1.36. The van der Waals surface area contributed by atoms with Crippen LogP contribution in [0.1, 0.15) is 22.8 Å². The van der Waals surface area contributed by atoms with E-state index in [2.05, 4.69) is 0 Å². The molecule has 1 rings (SSSR count). The van der Waals surface area contributed by atoms with Crippen molar-refractivity contribution in [2.45, 2.75) is 13.5 Å². The number of methoxy groups -OCH3 is 2. The van der Waals surface area contributed by atoms with Crippen molar-refractivity contribution in [3.05, 3.63) is 23.3 Å². The van der Waals surface area contributed by atoms with Crippen LogP contribution in [-0.4, -0.2) is 26.5 Å². The SMILES string of the molecule is COc1cc(C=O)cc(OC)c1COC(C)=O. The van der Waals surface area contributed by atoms with E-state index in [9.17, 15) is 9.59 Å². The highest BCUT2D eigenvalue weighted by atomic mass is 16.5. The Morgan fingerprint density at radius 1 is 1.24 bits per heavy atom. The highest BCUT2D eigenvalue weighted by molar-refractivity contribution is 5.77. The molecule has 0 N–H and O–H groups in total. The highest BCUT2D eigenvalue weighted by Crippen LogP contribution is 2.30. The van der Waals surface area contributed by atoms with Crippen molar-refractivity contribution < 1.29 is 23.8 Å². The highest BCUT2D eigenvalue weighted by Gasteiger charge is 2.13. The van der Waals surface area contributed by atoms with Gasteiger partial charge in [-0.1, -0.05) is 0 Å². The minimum atomic E-state index is -0.395. The van der Waals surface area contributed by atoms with Gasteiger partial charge in [-0.15, -0.1) is 0 Å². The molecule has 1 aromatic carbocycles. The Kier molecular flexibility index (Phi) is 4.51. The van der Waals surface area contributed by atoms with E-state index in [4.69, 9.17) is 14.2 Å². The van der Waals surface area contributed by atoms with Gasteiger partial charge < -0.3 is 14.2 Å². The number of carbonyl (C=O) groups is 2. The van der Waals surface area contributed by atoms with Gasteiger partial charge in [-0.05, 0) is 12.1 Å². The fourth-order valence-electron chi connectivity index (χ4n) is 1.39. The van der Waals surface area contributed by atoms with E-state index in [-0.39, 0.29) is 6.61 Å². The van der Waals surface area contributed by atoms with E-state index in [0.29, 0.717) is 28.9 Å². The zero-order valence-electron chi connectivity index (χ0n) is 9.98. The second-order valence-electron chi connectivity index (χ2n) is 3.30. The van der Waals surface area contributed by atoms with Gasteiger partial charge in [-0.3, -0.25) is 9.59 Å². The summed E-state index contributed by atoms with van der Waals surface area (Å²) >= 11 is 0. The molecule has 0 fully saturated rings. The molecule has 0 aliphatic rings. The van der Waals surface area contributed by atoms with Crippen molar-refractivity contribution in [1.29, 1.82) is 0 Å². The van der Waals surface area contributed by atoms with E-state index < -0.39 is 5.97 Å². The largest absolute Gasteiger partial charge is 0.496 e. The summed E-state index contributed by atoms with van der Waals surface area (Å²) in [5.41, 5.74) is 1.03. The first kappa shape index (κ1) is 13.0. The van der Waals surface area contributed by atoms with Crippen LogP contribution in [-0.2, 0) is 16.1 Å². The van der Waals surface area contributed by atoms with Gasteiger partial charge in [-0.25, -0.2) is 0 Å². The monoisotopic (exact) mass is 238 g/mol. The number of hydrogen-bond donors (Lipinski definition) is 0. The van der Waals surface area contributed by atoms with Gasteiger partial charge in [0.05, 0.1) is 19.8 Å². The quantitative estimate of drug-likeness (QED) is 0.575. The van der Waals surface area contributed by atoms with Crippen molar-refractivity contribution in [1.82, 2.24) is 0 Å². The smallest absolute Gasteiger partial charge is 0.302 e. The van der Waals surface area contributed by atoms with Crippen LogP contribution in [0.5, 0.6) is 11.5 Å². The van der Waals surface area contributed by atoms with E-state index in [1.165, 1.54) is 21.1 Å². The lowest BCUT2D eigenvalue weighted by atomic mass is 10.1. The molecule has 17 heavy (non-hydrogen) atoms. The van der Waals surface area contributed by atoms with Crippen LogP contribution in [0.2, 0.25) is 0 Å². The number of aldehydes is 1. The topological polar surface area (TPSA) is 61.8 Å². The Morgan fingerprint density at radius 2 is 1.76 bits per heavy atom. The molecular weight excluding hydrogens is 224 g/mol. The predicted molar refractivity (Wildman–Crippen MR) is 60.4 cm³/mol. The molecule has 0 spiro atoms. The fourth-order valence-corrected chi connectivity index (χ4v) is 1.39. The molecule has 0 unspecified atom stereocenters. The van der Waals surface area contributed by atoms with Gasteiger partial charge in [0.2, 0.25) is 0 Å². The van der Waals surface area contributed by atoms with E-state index >= 15 is 0 Å². The third kappa shape index (κ3) is 3.21. The first-order valence-corrected chi connectivity index (χ1v) is 4.95. The van der Waals surface area contributed by atoms with Crippen LogP contribution in [0, 0.1) is 0 Å². The lowest BCUT2D eigenvalue weighted by molar-refractivity contribution is -0.142. The Morgan fingerprint density at radius 3 is 2.12 bits per heavy atom. The molecule has 0 saturated heterocycles. The van der Waals surface area contributed by atoms with Crippen molar-refractivity contribution in [3.8, 4) is 11.5 Å². The molecule has 0 bridgehead atoms. The molecule has 1 aromatic rings. The minimum Gasteiger partial charge on any atom is -0.496 e. The van der Waals surface area contributed by atoms with Crippen molar-refractivity contribution >= 4 is 12.3 Å². The first-order valence-electron chi connectivity index (χ1n) is 4.95. The normalized spacial score (nSPS) is 9.59. The molecule has 0 saturated carbocycles. The number of esters is 1. The zero-order valence-corrected chi connectivity index (χ0v) is 9.98. The van der Waals surface area contributed by atoms with Gasteiger partial charge >= 0.3 is 5.97 Å². The van der Waals surface area contributed by atoms with Gasteiger partial charge in [0.15, 0.2) is 0 Å². The summed E-state index contributed by atoms with van der Waals surface area (Å²) in [5, 5.41) is 0. The first-order chi connectivity index (χ1) is 8.12. The second-order valence-corrected chi connectivity index (χ2v) is 3.30. The Labute approximate surface area is 99.3 Å². The van der Waals surface area contributed by atoms with Crippen LogP contribution < -0.4 is 9.47 Å². The van der Waals surface area contributed by atoms with Gasteiger partial charge in [-0.2, -0.15) is 0 Å². The maximum Gasteiger partial charge on any atom is 0.302 e. The van der Waals surface area contributed by atoms with Crippen molar-refractivity contribution in [3.63, 3.8) is 0 Å². The Balaban J connectivity index is 3.14. The van der Waals surface area contributed by atoms with Crippen LogP contribution in [0.25, 0.3) is 0 Å². The van der Waals surface area contributed by atoms with Gasteiger partial charge in [0.25, 0.3) is 0 Å². The maximum absolute atomic E-state index is 10.8. The molecule has 92 valence electrons. The summed E-state index contributed by atoms with van der Waals surface area (Å²) in [5.74, 6) is 0.508. The number of rotatable bonds is 5. The average molecular weight is 238 g/mol. The molecule has 0 amide bonds. The van der Waals surface area contributed by atoms with Crippen LogP contribution in [0.4, 0.5) is 0 Å². The molecule has 0 radical (unpaired) electrons. The second kappa shape index (κ2) is 5.89. The van der Waals surface area contributed by atoms with E-state index in [1.807, 2.05) is 0 Å². The van der Waals surface area contributed by atoms with E-state index in [1.54, 1.807) is 12.1 Å². The lowest BCUT2D eigenvalue weighted by Crippen LogP contribution is -2.04. The fraction of sp³-hybridized carbons (Fsp3) is 0.333. The van der Waals surface area contributed by atoms with Gasteiger partial charge in [0.1, 0.15) is 24.4 Å². The predicted octanol–water partition coefficient (Wildman–Crippen LogP) is 1.58. The summed E-state index contributed by atoms with van der Waals surface area (Å²) < 4.78 is 15.2. The third-order valence-electron chi connectivity index (χ3n) is 2.19. The zero-order chi connectivity index (χ0) is 12.8. The van der Waals surface area contributed by atoms with Crippen molar-refractivity contribution in [2.75, 3.05) is 14.2 Å². The summed E-state index contributed by atoms with van der Waals surface area (Å²) in [4.78, 5) is 21.5. The lowest BCUT2D eigenvalue weighted by Gasteiger charge is -2.13. The molecular formula is C12H14O5. The summed E-state index contributed by atoms with van der Waals surface area (Å²) in [6.07, 6.45) is 0.695. The Hall–Kier alpha value is -2.04. The molecule has 0 heterocycles. The summed E-state index contributed by atoms with van der Waals surface area (Å²) in [7, 11) is 2.95. The van der Waals surface area contributed by atoms with Gasteiger partial charge in [0, 0.05) is 12.5 Å². The standard InChI is InChI=1S/C12H14O5/c1-8(14)17-7-10-11(15-2)4-9(6-13)5-12(10)16-3/h4-6H,7H2,1-3H3. The summed E-state index contributed by atoms with van der Waals surface area (Å²) in [6, 6.07) is 3.13. The minimum absolute atomic E-state index is 0.0425. The molecule has 0 aromatic heterocycles. The van der Waals surface area contributed by atoms with Crippen LogP contribution in [0.15, 0.2) is 12.1 Å². The van der Waals surface area contributed by atoms with Crippen LogP contribution >= 0.6 is 0 Å². The number of hydrogen-bond acceptors (Lipinski definition) is 5. The molecule has 5 heteroatoms. The number of benzene rings is 1. The molecule has 5 nitrogen and oxygen atoms in total. The number of carbonyl (C=O) groups excluding carboxylic acids is 2. The maximum atomic E-state index is 10.8. The van der Waals surface area contributed by atoms with Crippen LogP contribution in [0.3, 0.4) is 0 Å². The van der Waals surface area contributed by atoms with Crippen molar-refractivity contribution in [2.24, 2.45) is 0 Å².